The third-order valence-electron chi connectivity index (χ3n) is 5.68. The second-order valence-corrected chi connectivity index (χ2v) is 10.3. The molecule has 0 spiro atoms. The van der Waals surface area contributed by atoms with Crippen molar-refractivity contribution >= 4 is 21.7 Å². The third-order valence-corrected chi connectivity index (χ3v) is 7.04. The Labute approximate surface area is 235 Å². The predicted molar refractivity (Wildman–Crippen MR) is 139 cm³/mol. The first-order chi connectivity index (χ1) is 19.7. The van der Waals surface area contributed by atoms with Gasteiger partial charge in [-0.25, -0.2) is 12.8 Å². The molecule has 0 radical (unpaired) electrons. The molecule has 0 amide bonds. The summed E-state index contributed by atoms with van der Waals surface area (Å²) >= 11 is 0. The number of carbonyl (C=O) groups is 1. The Bertz CT molecular complexity index is 1710. The second kappa shape index (κ2) is 12.1. The Balaban J connectivity index is 1.80. The summed E-state index contributed by atoms with van der Waals surface area (Å²) in [6.45, 7) is -1.73. The summed E-state index contributed by atoms with van der Waals surface area (Å²) in [6, 6.07) is 11.4. The van der Waals surface area contributed by atoms with Gasteiger partial charge in [-0.15, -0.1) is 0 Å². The molecule has 0 aliphatic rings. The van der Waals surface area contributed by atoms with Gasteiger partial charge in [-0.05, 0) is 60.5 Å². The predicted octanol–water partition coefficient (Wildman–Crippen LogP) is 6.34. The maximum Gasteiger partial charge on any atom is 0.416 e. The lowest BCUT2D eigenvalue weighted by Gasteiger charge is -2.15. The van der Waals surface area contributed by atoms with Crippen molar-refractivity contribution in [2.75, 3.05) is 11.3 Å². The number of anilines is 1. The lowest BCUT2D eigenvalue weighted by molar-refractivity contribution is -0.144. The van der Waals surface area contributed by atoms with E-state index in [0.29, 0.717) is 12.1 Å². The summed E-state index contributed by atoms with van der Waals surface area (Å²) in [5.41, 5.74) is -0.907. The van der Waals surface area contributed by atoms with Crippen LogP contribution in [0.2, 0.25) is 0 Å². The fraction of sp³-hybridized carbons (Fsp3) is 0.185. The molecule has 1 aromatic heterocycles. The van der Waals surface area contributed by atoms with Gasteiger partial charge in [0.25, 0.3) is 10.0 Å². The molecular weight excluding hydrogens is 592 g/mol. The Morgan fingerprint density at radius 1 is 1.02 bits per heavy atom. The van der Waals surface area contributed by atoms with Crippen molar-refractivity contribution < 1.29 is 49.0 Å². The van der Waals surface area contributed by atoms with Crippen LogP contribution in [-0.4, -0.2) is 37.4 Å². The molecule has 4 rings (SSSR count). The summed E-state index contributed by atoms with van der Waals surface area (Å²) < 4.78 is 119. The van der Waals surface area contributed by atoms with Crippen LogP contribution in [0, 0.1) is 5.82 Å². The van der Waals surface area contributed by atoms with E-state index >= 15 is 0 Å². The number of sulfonamides is 1. The van der Waals surface area contributed by atoms with Crippen molar-refractivity contribution in [1.29, 1.82) is 0 Å². The number of esters is 1. The van der Waals surface area contributed by atoms with Gasteiger partial charge in [0, 0.05) is 17.8 Å². The smallest absolute Gasteiger partial charge is 0.416 e. The van der Waals surface area contributed by atoms with Crippen molar-refractivity contribution in [1.82, 2.24) is 9.78 Å². The van der Waals surface area contributed by atoms with E-state index in [9.17, 15) is 39.6 Å². The number of carbonyl (C=O) groups excluding carboxylic acids is 1. The zero-order chi connectivity index (χ0) is 30.7. The monoisotopic (exact) mass is 613 g/mol. The highest BCUT2D eigenvalue weighted by atomic mass is 32.2. The number of benzene rings is 3. The van der Waals surface area contributed by atoms with Gasteiger partial charge in [-0.1, -0.05) is 18.2 Å². The number of halogens is 6. The summed E-state index contributed by atoms with van der Waals surface area (Å²) in [4.78, 5) is 11.2. The number of hydrogen-bond acceptors (Lipinski definition) is 6. The molecule has 222 valence electrons. The molecule has 0 bridgehead atoms. The van der Waals surface area contributed by atoms with E-state index in [1.54, 1.807) is 6.92 Å². The van der Waals surface area contributed by atoms with Gasteiger partial charge in [0.05, 0.1) is 28.4 Å². The zero-order valence-corrected chi connectivity index (χ0v) is 22.3. The van der Waals surface area contributed by atoms with Crippen molar-refractivity contribution in [2.45, 2.75) is 31.2 Å². The van der Waals surface area contributed by atoms with Crippen LogP contribution in [0.1, 0.15) is 12.5 Å². The van der Waals surface area contributed by atoms with E-state index < -0.39 is 50.8 Å². The van der Waals surface area contributed by atoms with Gasteiger partial charge >= 0.3 is 18.8 Å². The number of nitrogens with zero attached hydrogens (tertiary/aromatic N) is 2. The molecule has 3 aromatic carbocycles. The maximum atomic E-state index is 14.2. The number of alkyl halides is 5. The largest absolute Gasteiger partial charge is 0.465 e. The number of aromatic nitrogens is 2. The van der Waals surface area contributed by atoms with Crippen molar-refractivity contribution in [2.24, 2.45) is 0 Å². The lowest BCUT2D eigenvalue weighted by Crippen LogP contribution is -2.15. The topological polar surface area (TPSA) is 99.5 Å². The number of nitrogens with one attached hydrogen (secondary N) is 1. The molecule has 0 unspecified atom stereocenters. The molecule has 0 saturated carbocycles. The average Bonchev–Trinajstić information content (AvgIpc) is 3.35. The van der Waals surface area contributed by atoms with E-state index in [2.05, 4.69) is 14.6 Å². The van der Waals surface area contributed by atoms with Crippen LogP contribution in [0.3, 0.4) is 0 Å². The Morgan fingerprint density at radius 3 is 2.48 bits per heavy atom. The van der Waals surface area contributed by atoms with E-state index in [-0.39, 0.29) is 41.2 Å². The average molecular weight is 614 g/mol. The lowest BCUT2D eigenvalue weighted by atomic mass is 10.0. The minimum Gasteiger partial charge on any atom is -0.465 e. The molecule has 0 atom stereocenters. The first-order valence-corrected chi connectivity index (χ1v) is 13.5. The highest BCUT2D eigenvalue weighted by Gasteiger charge is 2.32. The second-order valence-electron chi connectivity index (χ2n) is 8.65. The van der Waals surface area contributed by atoms with Crippen LogP contribution in [0.5, 0.6) is 5.75 Å². The summed E-state index contributed by atoms with van der Waals surface area (Å²) in [5.74, 6) is -2.00. The van der Waals surface area contributed by atoms with Gasteiger partial charge in [-0.2, -0.15) is 27.1 Å². The number of rotatable bonds is 10. The van der Waals surface area contributed by atoms with Crippen molar-refractivity contribution in [3.63, 3.8) is 0 Å². The molecule has 0 fully saturated rings. The quantitative estimate of drug-likeness (QED) is 0.166. The fourth-order valence-electron chi connectivity index (χ4n) is 3.91. The van der Waals surface area contributed by atoms with Crippen LogP contribution in [0.15, 0.2) is 77.8 Å². The molecule has 1 heterocycles. The third kappa shape index (κ3) is 7.40. The Morgan fingerprint density at radius 2 is 1.79 bits per heavy atom. The zero-order valence-electron chi connectivity index (χ0n) is 21.5. The SMILES string of the molecule is CCOC(=O)Cn1ccc(-c2ccc(-c3cc(F)cc(OC(F)F)c3)cc2NS(=O)(=O)c2cccc(C(F)(F)F)c2)n1. The van der Waals surface area contributed by atoms with Crippen LogP contribution in [0.4, 0.5) is 32.0 Å². The standard InChI is InChI=1S/C27H21F6N3O5S/c1-2-40-25(37)15-36-9-8-23(34-36)22-7-6-16(17-10-19(28)14-20(11-17)41-26(29)30)12-24(22)35-42(38,39)21-5-3-4-18(13-21)27(31,32)33/h3-14,26,35H,2,15H2,1H3. The molecule has 42 heavy (non-hydrogen) atoms. The maximum absolute atomic E-state index is 14.2. The Kier molecular flexibility index (Phi) is 8.80. The fourth-order valence-corrected chi connectivity index (χ4v) is 5.02. The molecule has 0 saturated heterocycles. The first-order valence-electron chi connectivity index (χ1n) is 12.0. The van der Waals surface area contributed by atoms with Crippen molar-refractivity contribution in [3.8, 4) is 28.1 Å². The van der Waals surface area contributed by atoms with E-state index in [1.807, 2.05) is 0 Å². The minimum absolute atomic E-state index is 0.0320. The molecule has 1 N–H and O–H groups in total. The van der Waals surface area contributed by atoms with Crippen LogP contribution in [0.25, 0.3) is 22.4 Å². The molecule has 15 heteroatoms. The number of ether oxygens (including phenoxy) is 2. The highest BCUT2D eigenvalue weighted by Crippen LogP contribution is 2.36. The van der Waals surface area contributed by atoms with Gasteiger partial charge < -0.3 is 9.47 Å². The van der Waals surface area contributed by atoms with Crippen LogP contribution < -0.4 is 9.46 Å². The van der Waals surface area contributed by atoms with E-state index in [0.717, 1.165) is 30.3 Å². The molecule has 8 nitrogen and oxygen atoms in total. The van der Waals surface area contributed by atoms with E-state index in [4.69, 9.17) is 4.74 Å². The normalized spacial score (nSPS) is 11.9. The summed E-state index contributed by atoms with van der Waals surface area (Å²) in [5, 5.41) is 4.24. The molecule has 0 aliphatic heterocycles. The molecule has 4 aromatic rings. The van der Waals surface area contributed by atoms with Crippen LogP contribution in [-0.2, 0) is 32.3 Å². The summed E-state index contributed by atoms with van der Waals surface area (Å²) in [7, 11) is -4.63. The highest BCUT2D eigenvalue weighted by molar-refractivity contribution is 7.92. The first kappa shape index (κ1) is 30.4. The van der Waals surface area contributed by atoms with E-state index in [1.165, 1.54) is 35.1 Å². The molecular formula is C27H21F6N3O5S. The van der Waals surface area contributed by atoms with Gasteiger partial charge in [0.15, 0.2) is 0 Å². The summed E-state index contributed by atoms with van der Waals surface area (Å²) in [6.07, 6.45) is -3.39. The Hall–Kier alpha value is -4.53. The van der Waals surface area contributed by atoms with Gasteiger partial charge in [0.1, 0.15) is 18.1 Å². The number of hydrogen-bond donors (Lipinski definition) is 1. The molecule has 0 aliphatic carbocycles. The van der Waals surface area contributed by atoms with Crippen LogP contribution >= 0.6 is 0 Å². The van der Waals surface area contributed by atoms with Gasteiger partial charge in [0.2, 0.25) is 0 Å². The van der Waals surface area contributed by atoms with Crippen molar-refractivity contribution in [3.05, 3.63) is 84.3 Å². The minimum atomic E-state index is -4.81. The van der Waals surface area contributed by atoms with Gasteiger partial charge in [-0.3, -0.25) is 14.2 Å².